The van der Waals surface area contributed by atoms with Crippen molar-refractivity contribution in [2.45, 2.75) is 38.2 Å². The fourth-order valence-electron chi connectivity index (χ4n) is 4.01. The van der Waals surface area contributed by atoms with Gasteiger partial charge in [-0.2, -0.15) is 5.26 Å². The Hall–Kier alpha value is -1.65. The molecular formula is C16H23N3O4. The molecule has 0 unspecified atom stereocenters. The first-order valence-electron chi connectivity index (χ1n) is 8.29. The summed E-state index contributed by atoms with van der Waals surface area (Å²) in [6, 6.07) is 2.19. The molecule has 3 saturated heterocycles. The Kier molecular flexibility index (Phi) is 4.30. The lowest BCUT2D eigenvalue weighted by Crippen LogP contribution is -2.63. The van der Waals surface area contributed by atoms with E-state index in [1.54, 1.807) is 4.90 Å². The maximum absolute atomic E-state index is 13.0. The number of nitrogens with one attached hydrogen (secondary N) is 1. The number of hydrogen-bond acceptors (Lipinski definition) is 5. The standard InChI is InChI=1S/C16H23N3O4/c17-10-15(4-8-23-9-5-15)14(22)19-7-2-12(20)16(11-19)3-1-6-18-13(16)21/h12,20H,1-9,11H2,(H,18,21)/t12-,16-/m1/s1. The summed E-state index contributed by atoms with van der Waals surface area (Å²) in [5, 5.41) is 22.8. The summed E-state index contributed by atoms with van der Waals surface area (Å²) >= 11 is 0. The summed E-state index contributed by atoms with van der Waals surface area (Å²) < 4.78 is 5.28. The molecule has 7 nitrogen and oxygen atoms in total. The minimum atomic E-state index is -1.05. The number of carbonyl (C=O) groups excluding carboxylic acids is 2. The van der Waals surface area contributed by atoms with E-state index in [0.717, 1.165) is 6.42 Å². The molecule has 3 aliphatic heterocycles. The second kappa shape index (κ2) is 6.10. The molecule has 0 aliphatic carbocycles. The van der Waals surface area contributed by atoms with E-state index in [0.29, 0.717) is 52.0 Å². The van der Waals surface area contributed by atoms with Crippen molar-refractivity contribution >= 4 is 11.8 Å². The Bertz CT molecular complexity index is 538. The Balaban J connectivity index is 1.82. The molecular weight excluding hydrogens is 298 g/mol. The maximum Gasteiger partial charge on any atom is 0.243 e. The van der Waals surface area contributed by atoms with Crippen LogP contribution in [0.1, 0.15) is 32.1 Å². The van der Waals surface area contributed by atoms with Crippen molar-refractivity contribution in [1.29, 1.82) is 5.26 Å². The number of hydrogen-bond donors (Lipinski definition) is 2. The van der Waals surface area contributed by atoms with Gasteiger partial charge in [0.25, 0.3) is 0 Å². The van der Waals surface area contributed by atoms with Gasteiger partial charge in [0.1, 0.15) is 5.41 Å². The largest absolute Gasteiger partial charge is 0.392 e. The van der Waals surface area contributed by atoms with Crippen LogP contribution in [0.2, 0.25) is 0 Å². The van der Waals surface area contributed by atoms with Gasteiger partial charge in [-0.15, -0.1) is 0 Å². The summed E-state index contributed by atoms with van der Waals surface area (Å²) in [5.41, 5.74) is -1.97. The second-order valence-corrected chi connectivity index (χ2v) is 6.85. The van der Waals surface area contributed by atoms with Crippen molar-refractivity contribution in [3.05, 3.63) is 0 Å². The van der Waals surface area contributed by atoms with E-state index in [1.165, 1.54) is 0 Å². The number of aliphatic hydroxyl groups is 1. The number of nitrogens with zero attached hydrogens (tertiary/aromatic N) is 2. The second-order valence-electron chi connectivity index (χ2n) is 6.85. The lowest BCUT2D eigenvalue weighted by Gasteiger charge is -2.48. The Labute approximate surface area is 135 Å². The minimum Gasteiger partial charge on any atom is -0.392 e. The van der Waals surface area contributed by atoms with Crippen LogP contribution in [0.5, 0.6) is 0 Å². The van der Waals surface area contributed by atoms with E-state index >= 15 is 0 Å². The summed E-state index contributed by atoms with van der Waals surface area (Å²) in [5.74, 6) is -0.389. The van der Waals surface area contributed by atoms with E-state index in [2.05, 4.69) is 11.4 Å². The normalized spacial score (nSPS) is 33.8. The number of piperidine rings is 2. The summed E-state index contributed by atoms with van der Waals surface area (Å²) in [7, 11) is 0. The van der Waals surface area contributed by atoms with Crippen LogP contribution in [0.15, 0.2) is 0 Å². The predicted octanol–water partition coefficient (Wildman–Crippen LogP) is -0.204. The van der Waals surface area contributed by atoms with Crippen molar-refractivity contribution in [3.8, 4) is 6.07 Å². The zero-order valence-corrected chi connectivity index (χ0v) is 13.2. The van der Waals surface area contributed by atoms with Gasteiger partial charge in [-0.05, 0) is 32.1 Å². The van der Waals surface area contributed by atoms with Crippen molar-refractivity contribution in [2.24, 2.45) is 10.8 Å². The molecule has 7 heteroatoms. The number of ether oxygens (including phenoxy) is 1. The number of amides is 2. The van der Waals surface area contributed by atoms with Gasteiger partial charge >= 0.3 is 0 Å². The quantitative estimate of drug-likeness (QED) is 0.696. The molecule has 0 aromatic rings. The highest BCUT2D eigenvalue weighted by molar-refractivity contribution is 5.88. The number of aliphatic hydroxyl groups excluding tert-OH is 1. The first-order chi connectivity index (χ1) is 11.0. The smallest absolute Gasteiger partial charge is 0.243 e. The van der Waals surface area contributed by atoms with E-state index in [1.807, 2.05) is 0 Å². The Morgan fingerprint density at radius 3 is 2.78 bits per heavy atom. The van der Waals surface area contributed by atoms with Crippen molar-refractivity contribution in [3.63, 3.8) is 0 Å². The van der Waals surface area contributed by atoms with Crippen LogP contribution in [-0.2, 0) is 14.3 Å². The highest BCUT2D eigenvalue weighted by atomic mass is 16.5. The fraction of sp³-hybridized carbons (Fsp3) is 0.812. The van der Waals surface area contributed by atoms with Crippen molar-refractivity contribution in [2.75, 3.05) is 32.8 Å². The van der Waals surface area contributed by atoms with Gasteiger partial charge in [0, 0.05) is 32.8 Å². The van der Waals surface area contributed by atoms with E-state index < -0.39 is 16.9 Å². The molecule has 0 aromatic carbocycles. The van der Waals surface area contributed by atoms with Gasteiger partial charge < -0.3 is 20.1 Å². The average molecular weight is 321 g/mol. The Morgan fingerprint density at radius 2 is 2.13 bits per heavy atom. The van der Waals surface area contributed by atoms with Crippen LogP contribution in [-0.4, -0.2) is 60.8 Å². The summed E-state index contributed by atoms with van der Waals surface area (Å²) in [6.45, 7) is 2.01. The van der Waals surface area contributed by atoms with Crippen molar-refractivity contribution in [1.82, 2.24) is 10.2 Å². The fourth-order valence-corrected chi connectivity index (χ4v) is 4.01. The number of nitriles is 1. The molecule has 3 aliphatic rings. The lowest BCUT2D eigenvalue weighted by molar-refractivity contribution is -0.160. The SMILES string of the molecule is N#CC1(C(=O)N2CC[C@@H](O)[C@@]3(CCCNC3=O)C2)CCOCC1. The third-order valence-electron chi connectivity index (χ3n) is 5.58. The molecule has 3 fully saturated rings. The van der Waals surface area contributed by atoms with Crippen LogP contribution in [0.25, 0.3) is 0 Å². The number of carbonyl (C=O) groups is 2. The molecule has 0 aromatic heterocycles. The van der Waals surface area contributed by atoms with Crippen LogP contribution in [0, 0.1) is 22.2 Å². The third-order valence-corrected chi connectivity index (χ3v) is 5.58. The molecule has 2 N–H and O–H groups in total. The number of likely N-dealkylation sites (tertiary alicyclic amines) is 1. The molecule has 0 bridgehead atoms. The zero-order valence-electron chi connectivity index (χ0n) is 13.2. The topological polar surface area (TPSA) is 103 Å². The number of rotatable bonds is 1. The lowest BCUT2D eigenvalue weighted by atomic mass is 9.70. The third kappa shape index (κ3) is 2.60. The van der Waals surface area contributed by atoms with Gasteiger partial charge in [-0.1, -0.05) is 0 Å². The highest BCUT2D eigenvalue weighted by Gasteiger charge is 2.53. The van der Waals surface area contributed by atoms with Crippen LogP contribution in [0.4, 0.5) is 0 Å². The van der Waals surface area contributed by atoms with Crippen LogP contribution >= 0.6 is 0 Å². The van der Waals surface area contributed by atoms with Gasteiger partial charge in [0.15, 0.2) is 0 Å². The monoisotopic (exact) mass is 321 g/mol. The predicted molar refractivity (Wildman–Crippen MR) is 80.0 cm³/mol. The molecule has 23 heavy (non-hydrogen) atoms. The van der Waals surface area contributed by atoms with Gasteiger partial charge in [0.2, 0.25) is 11.8 Å². The summed E-state index contributed by atoms with van der Waals surface area (Å²) in [4.78, 5) is 27.0. The molecule has 3 heterocycles. The minimum absolute atomic E-state index is 0.174. The van der Waals surface area contributed by atoms with Crippen molar-refractivity contribution < 1.29 is 19.4 Å². The molecule has 126 valence electrons. The highest BCUT2D eigenvalue weighted by Crippen LogP contribution is 2.40. The van der Waals surface area contributed by atoms with E-state index in [-0.39, 0.29) is 18.4 Å². The van der Waals surface area contributed by atoms with Crippen LogP contribution < -0.4 is 5.32 Å². The van der Waals surface area contributed by atoms with Gasteiger partial charge in [0.05, 0.1) is 17.6 Å². The average Bonchev–Trinajstić information content (AvgIpc) is 2.59. The Morgan fingerprint density at radius 1 is 1.39 bits per heavy atom. The molecule has 0 radical (unpaired) electrons. The van der Waals surface area contributed by atoms with Gasteiger partial charge in [-0.25, -0.2) is 0 Å². The molecule has 2 amide bonds. The first kappa shape index (κ1) is 16.2. The van der Waals surface area contributed by atoms with Gasteiger partial charge in [-0.3, -0.25) is 9.59 Å². The molecule has 3 rings (SSSR count). The molecule has 2 atom stereocenters. The molecule has 0 saturated carbocycles. The van der Waals surface area contributed by atoms with E-state index in [4.69, 9.17) is 4.74 Å². The zero-order chi connectivity index (χ0) is 16.5. The van der Waals surface area contributed by atoms with E-state index in [9.17, 15) is 20.0 Å². The maximum atomic E-state index is 13.0. The summed E-state index contributed by atoms with van der Waals surface area (Å²) in [6.07, 6.45) is 1.78. The molecule has 1 spiro atoms. The van der Waals surface area contributed by atoms with Crippen LogP contribution in [0.3, 0.4) is 0 Å². The first-order valence-corrected chi connectivity index (χ1v) is 8.29.